The van der Waals surface area contributed by atoms with Crippen molar-refractivity contribution in [3.05, 3.63) is 53.6 Å². The van der Waals surface area contributed by atoms with Gasteiger partial charge in [0.2, 0.25) is 0 Å². The van der Waals surface area contributed by atoms with Crippen LogP contribution in [0.5, 0.6) is 17.2 Å². The minimum absolute atomic E-state index is 0.223. The normalized spacial score (nSPS) is 13.4. The highest BCUT2D eigenvalue weighted by molar-refractivity contribution is 5.80. The van der Waals surface area contributed by atoms with Gasteiger partial charge in [-0.2, -0.15) is 5.26 Å². The van der Waals surface area contributed by atoms with E-state index in [0.29, 0.717) is 36.8 Å². The number of amides is 1. The van der Waals surface area contributed by atoms with E-state index in [1.165, 1.54) is 0 Å². The Hall–Kier alpha value is -3.20. The molecule has 1 aliphatic heterocycles. The van der Waals surface area contributed by atoms with Gasteiger partial charge in [-0.25, -0.2) is 0 Å². The van der Waals surface area contributed by atoms with Crippen LogP contribution in [0.3, 0.4) is 0 Å². The molecule has 1 atom stereocenters. The Morgan fingerprint density at radius 3 is 2.64 bits per heavy atom. The number of benzene rings is 2. The quantitative estimate of drug-likeness (QED) is 0.905. The molecular weight excluding hydrogens is 320 g/mol. The highest BCUT2D eigenvalue weighted by Crippen LogP contribution is 2.30. The van der Waals surface area contributed by atoms with Crippen molar-refractivity contribution >= 4 is 5.91 Å². The lowest BCUT2D eigenvalue weighted by Gasteiger charge is -2.19. The number of hydrogen-bond donors (Lipinski definition) is 1. The maximum absolute atomic E-state index is 12.2. The average molecular weight is 338 g/mol. The number of fused-ring (bicyclic) bond motifs is 1. The van der Waals surface area contributed by atoms with E-state index in [4.69, 9.17) is 19.5 Å². The molecule has 2 aromatic carbocycles. The van der Waals surface area contributed by atoms with Crippen LogP contribution >= 0.6 is 0 Å². The molecule has 0 saturated heterocycles. The first-order chi connectivity index (χ1) is 12.2. The van der Waals surface area contributed by atoms with E-state index in [-0.39, 0.29) is 5.91 Å². The fourth-order valence-electron chi connectivity index (χ4n) is 2.40. The Labute approximate surface area is 145 Å². The van der Waals surface area contributed by atoms with Gasteiger partial charge in [-0.15, -0.1) is 0 Å². The molecule has 1 aliphatic rings. The van der Waals surface area contributed by atoms with Crippen LogP contribution in [0, 0.1) is 11.3 Å². The zero-order valence-electron chi connectivity index (χ0n) is 13.8. The number of rotatable bonds is 5. The van der Waals surface area contributed by atoms with Gasteiger partial charge in [0, 0.05) is 6.54 Å². The highest BCUT2D eigenvalue weighted by atomic mass is 16.6. The average Bonchev–Trinajstić information content (AvgIpc) is 2.66. The van der Waals surface area contributed by atoms with Gasteiger partial charge >= 0.3 is 0 Å². The SMILES string of the molecule is C[C@H](Oc1ccc(C#N)cc1)C(=O)NCc1ccc2c(c1)OCCO2. The van der Waals surface area contributed by atoms with Crippen LogP contribution in [-0.2, 0) is 11.3 Å². The molecule has 0 saturated carbocycles. The highest BCUT2D eigenvalue weighted by Gasteiger charge is 2.16. The zero-order valence-corrected chi connectivity index (χ0v) is 13.8. The summed E-state index contributed by atoms with van der Waals surface area (Å²) in [6.07, 6.45) is -0.648. The second-order valence-corrected chi connectivity index (χ2v) is 5.59. The van der Waals surface area contributed by atoms with Crippen molar-refractivity contribution in [1.29, 1.82) is 5.26 Å². The Bertz CT molecular complexity index is 796. The molecule has 0 unspecified atom stereocenters. The van der Waals surface area contributed by atoms with Crippen LogP contribution in [0.4, 0.5) is 0 Å². The molecule has 1 heterocycles. The predicted molar refractivity (Wildman–Crippen MR) is 90.5 cm³/mol. The number of nitrogens with zero attached hydrogens (tertiary/aromatic N) is 1. The fourth-order valence-corrected chi connectivity index (χ4v) is 2.40. The smallest absolute Gasteiger partial charge is 0.261 e. The van der Waals surface area contributed by atoms with E-state index in [2.05, 4.69) is 5.32 Å². The maximum Gasteiger partial charge on any atom is 0.261 e. The Balaban J connectivity index is 1.53. The Morgan fingerprint density at radius 1 is 1.20 bits per heavy atom. The van der Waals surface area contributed by atoms with Crippen LogP contribution in [0.2, 0.25) is 0 Å². The van der Waals surface area contributed by atoms with Crippen molar-refractivity contribution in [2.45, 2.75) is 19.6 Å². The molecule has 0 fully saturated rings. The molecule has 128 valence electrons. The maximum atomic E-state index is 12.2. The number of ether oxygens (including phenoxy) is 3. The van der Waals surface area contributed by atoms with Gasteiger partial charge in [0.05, 0.1) is 11.6 Å². The summed E-state index contributed by atoms with van der Waals surface area (Å²) in [6.45, 7) is 3.12. The molecular formula is C19H18N2O4. The van der Waals surface area contributed by atoms with E-state index in [0.717, 1.165) is 11.3 Å². The van der Waals surface area contributed by atoms with Gasteiger partial charge in [0.15, 0.2) is 17.6 Å². The van der Waals surface area contributed by atoms with Gasteiger partial charge in [-0.3, -0.25) is 4.79 Å². The van der Waals surface area contributed by atoms with E-state index in [1.807, 2.05) is 24.3 Å². The number of nitrogens with one attached hydrogen (secondary N) is 1. The second-order valence-electron chi connectivity index (χ2n) is 5.59. The first-order valence-corrected chi connectivity index (χ1v) is 7.99. The molecule has 6 heteroatoms. The first kappa shape index (κ1) is 16.7. The van der Waals surface area contributed by atoms with Crippen molar-refractivity contribution in [2.24, 2.45) is 0 Å². The van der Waals surface area contributed by atoms with E-state index in [9.17, 15) is 4.79 Å². The summed E-state index contributed by atoms with van der Waals surface area (Å²) < 4.78 is 16.6. The third kappa shape index (κ3) is 4.21. The summed E-state index contributed by atoms with van der Waals surface area (Å²) in [7, 11) is 0. The molecule has 0 spiro atoms. The molecule has 1 amide bonds. The van der Waals surface area contributed by atoms with Crippen LogP contribution in [0.1, 0.15) is 18.1 Å². The molecule has 1 N–H and O–H groups in total. The summed E-state index contributed by atoms with van der Waals surface area (Å²) >= 11 is 0. The number of carbonyl (C=O) groups excluding carboxylic acids is 1. The van der Waals surface area contributed by atoms with E-state index >= 15 is 0 Å². The monoisotopic (exact) mass is 338 g/mol. The van der Waals surface area contributed by atoms with Crippen LogP contribution in [-0.4, -0.2) is 25.2 Å². The lowest BCUT2D eigenvalue weighted by atomic mass is 10.2. The standard InChI is InChI=1S/C19H18N2O4/c1-13(25-16-5-2-14(11-20)3-6-16)19(22)21-12-15-4-7-17-18(10-15)24-9-8-23-17/h2-7,10,13H,8-9,12H2,1H3,(H,21,22)/t13-/m0/s1. The lowest BCUT2D eigenvalue weighted by Crippen LogP contribution is -2.35. The van der Waals surface area contributed by atoms with Crippen LogP contribution in [0.15, 0.2) is 42.5 Å². The molecule has 3 rings (SSSR count). The second kappa shape index (κ2) is 7.58. The van der Waals surface area contributed by atoms with Crippen molar-refractivity contribution in [1.82, 2.24) is 5.32 Å². The molecule has 0 radical (unpaired) electrons. The minimum Gasteiger partial charge on any atom is -0.486 e. The molecule has 25 heavy (non-hydrogen) atoms. The number of nitriles is 1. The van der Waals surface area contributed by atoms with E-state index < -0.39 is 6.10 Å². The van der Waals surface area contributed by atoms with Crippen molar-refractivity contribution < 1.29 is 19.0 Å². The number of hydrogen-bond acceptors (Lipinski definition) is 5. The molecule has 2 aromatic rings. The third-order valence-electron chi connectivity index (χ3n) is 3.74. The van der Waals surface area contributed by atoms with Gasteiger partial charge in [0.25, 0.3) is 5.91 Å². The summed E-state index contributed by atoms with van der Waals surface area (Å²) in [4.78, 5) is 12.2. The Kier molecular flexibility index (Phi) is 5.05. The van der Waals surface area contributed by atoms with Gasteiger partial charge in [-0.05, 0) is 48.9 Å². The topological polar surface area (TPSA) is 80.6 Å². The van der Waals surface area contributed by atoms with Crippen LogP contribution < -0.4 is 19.5 Å². The minimum atomic E-state index is -0.648. The Morgan fingerprint density at radius 2 is 1.92 bits per heavy atom. The molecule has 6 nitrogen and oxygen atoms in total. The summed E-state index contributed by atoms with van der Waals surface area (Å²) in [5.74, 6) is 1.74. The zero-order chi connectivity index (χ0) is 17.6. The van der Waals surface area contributed by atoms with Gasteiger partial charge in [0.1, 0.15) is 19.0 Å². The summed E-state index contributed by atoms with van der Waals surface area (Å²) in [6, 6.07) is 14.3. The first-order valence-electron chi connectivity index (χ1n) is 7.99. The summed E-state index contributed by atoms with van der Waals surface area (Å²) in [5.41, 5.74) is 1.46. The predicted octanol–water partition coefficient (Wildman–Crippen LogP) is 2.41. The van der Waals surface area contributed by atoms with Gasteiger partial charge in [-0.1, -0.05) is 6.07 Å². The van der Waals surface area contributed by atoms with Crippen LogP contribution in [0.25, 0.3) is 0 Å². The van der Waals surface area contributed by atoms with Crippen molar-refractivity contribution in [2.75, 3.05) is 13.2 Å². The van der Waals surface area contributed by atoms with Crippen molar-refractivity contribution in [3.8, 4) is 23.3 Å². The van der Waals surface area contributed by atoms with Crippen molar-refractivity contribution in [3.63, 3.8) is 0 Å². The molecule has 0 aromatic heterocycles. The summed E-state index contributed by atoms with van der Waals surface area (Å²) in [5, 5.41) is 11.6. The molecule has 0 bridgehead atoms. The number of carbonyl (C=O) groups is 1. The van der Waals surface area contributed by atoms with Gasteiger partial charge < -0.3 is 19.5 Å². The fraction of sp³-hybridized carbons (Fsp3) is 0.263. The third-order valence-corrected chi connectivity index (χ3v) is 3.74. The van der Waals surface area contributed by atoms with E-state index in [1.54, 1.807) is 31.2 Å². The largest absolute Gasteiger partial charge is 0.486 e. The molecule has 0 aliphatic carbocycles. The lowest BCUT2D eigenvalue weighted by molar-refractivity contribution is -0.127.